The van der Waals surface area contributed by atoms with Crippen molar-refractivity contribution >= 4 is 28.8 Å². The Morgan fingerprint density at radius 3 is 2.73 bits per heavy atom. The maximum atomic E-state index is 13.8. The van der Waals surface area contributed by atoms with Gasteiger partial charge in [0, 0.05) is 23.4 Å². The largest absolute Gasteiger partial charge is 0.454 e. The van der Waals surface area contributed by atoms with Crippen LogP contribution in [0, 0.1) is 0 Å². The zero-order valence-corrected chi connectivity index (χ0v) is 18.2. The summed E-state index contributed by atoms with van der Waals surface area (Å²) in [5.41, 5.74) is 7.04. The molecule has 2 aromatic carbocycles. The highest BCUT2D eigenvalue weighted by Gasteiger charge is 2.71. The van der Waals surface area contributed by atoms with Gasteiger partial charge in [0.1, 0.15) is 5.75 Å². The van der Waals surface area contributed by atoms with Gasteiger partial charge in [-0.2, -0.15) is 0 Å². The van der Waals surface area contributed by atoms with Gasteiger partial charge in [-0.1, -0.05) is 51.5 Å². The molecule has 30 heavy (non-hydrogen) atoms. The fourth-order valence-electron chi connectivity index (χ4n) is 4.34. The zero-order valence-electron chi connectivity index (χ0n) is 17.4. The van der Waals surface area contributed by atoms with Crippen molar-refractivity contribution < 1.29 is 14.6 Å². The minimum absolute atomic E-state index is 0.266. The Morgan fingerprint density at radius 2 is 2.03 bits per heavy atom. The van der Waals surface area contributed by atoms with E-state index in [4.69, 9.17) is 22.7 Å². The van der Waals surface area contributed by atoms with Crippen LogP contribution in [-0.4, -0.2) is 22.5 Å². The van der Waals surface area contributed by atoms with Crippen molar-refractivity contribution in [3.8, 4) is 5.75 Å². The van der Waals surface area contributed by atoms with Gasteiger partial charge in [-0.3, -0.25) is 4.79 Å². The van der Waals surface area contributed by atoms with Crippen molar-refractivity contribution in [3.05, 3.63) is 58.7 Å². The number of Topliss-reactive ketones (excluding diaryl/α,β-unsaturated/α-hetero) is 1. The SMILES string of the molecule is CCCCNC(=S)NC12C(=O)c3c(N)cccc3C1(O)Oc1cc(C(C)C)ccc12. The van der Waals surface area contributed by atoms with Crippen LogP contribution in [0.15, 0.2) is 36.4 Å². The number of thiocarbonyl (C=S) groups is 1. The van der Waals surface area contributed by atoms with Gasteiger partial charge in [-0.05, 0) is 42.3 Å². The number of benzene rings is 2. The molecule has 1 heterocycles. The third kappa shape index (κ3) is 2.72. The van der Waals surface area contributed by atoms with Crippen LogP contribution in [0.25, 0.3) is 0 Å². The average Bonchev–Trinajstić information content (AvgIpc) is 3.05. The molecule has 0 fully saturated rings. The number of nitrogens with one attached hydrogen (secondary N) is 2. The Kier molecular flexibility index (Phi) is 4.98. The molecular formula is C23H27N3O3S. The second-order valence-corrected chi connectivity index (χ2v) is 8.65. The van der Waals surface area contributed by atoms with Crippen LogP contribution in [0.5, 0.6) is 5.75 Å². The van der Waals surface area contributed by atoms with E-state index in [0.29, 0.717) is 29.1 Å². The standard InChI is InChI=1S/C23H27N3O3S/c1-4-5-11-25-21(30)26-22-15-10-9-14(13(2)3)12-18(15)29-23(22,28)16-7-6-8-17(24)19(16)20(22)27/h6-10,12-13,28H,4-5,11,24H2,1-3H3,(H2,25,26,30). The number of nitrogen functional groups attached to an aromatic ring is 1. The molecule has 0 aromatic heterocycles. The molecule has 7 heteroatoms. The van der Waals surface area contributed by atoms with Gasteiger partial charge in [0.25, 0.3) is 5.79 Å². The smallest absolute Gasteiger partial charge is 0.271 e. The molecule has 158 valence electrons. The first-order chi connectivity index (χ1) is 14.3. The summed E-state index contributed by atoms with van der Waals surface area (Å²) in [5, 5.41) is 18.4. The maximum absolute atomic E-state index is 13.8. The molecule has 0 saturated carbocycles. The number of ketones is 1. The Labute approximate surface area is 181 Å². The lowest BCUT2D eigenvalue weighted by Crippen LogP contribution is -2.61. The third-order valence-electron chi connectivity index (χ3n) is 5.99. The molecule has 1 aliphatic carbocycles. The molecule has 6 nitrogen and oxygen atoms in total. The molecular weight excluding hydrogens is 398 g/mol. The van der Waals surface area contributed by atoms with Gasteiger partial charge in [-0.25, -0.2) is 0 Å². The number of nitrogens with two attached hydrogens (primary N) is 1. The molecule has 0 radical (unpaired) electrons. The van der Waals surface area contributed by atoms with Gasteiger partial charge in [0.2, 0.25) is 11.3 Å². The van der Waals surface area contributed by atoms with E-state index in [1.165, 1.54) is 0 Å². The van der Waals surface area contributed by atoms with E-state index in [1.807, 2.05) is 18.2 Å². The highest BCUT2D eigenvalue weighted by atomic mass is 32.1. The summed E-state index contributed by atoms with van der Waals surface area (Å²) < 4.78 is 6.12. The third-order valence-corrected chi connectivity index (χ3v) is 6.24. The number of carbonyl (C=O) groups excluding carboxylic acids is 1. The summed E-state index contributed by atoms with van der Waals surface area (Å²) in [4.78, 5) is 13.8. The zero-order chi connectivity index (χ0) is 21.7. The number of hydrogen-bond acceptors (Lipinski definition) is 5. The van der Waals surface area contributed by atoms with Gasteiger partial charge in [-0.15, -0.1) is 0 Å². The Bertz CT molecular complexity index is 1040. The van der Waals surface area contributed by atoms with Crippen molar-refractivity contribution in [2.75, 3.05) is 12.3 Å². The first-order valence-corrected chi connectivity index (χ1v) is 10.7. The molecule has 5 N–H and O–H groups in total. The van der Waals surface area contributed by atoms with Gasteiger partial charge < -0.3 is 26.2 Å². The Balaban J connectivity index is 1.87. The molecule has 0 spiro atoms. The van der Waals surface area contributed by atoms with Crippen LogP contribution in [0.1, 0.15) is 66.6 Å². The van der Waals surface area contributed by atoms with Gasteiger partial charge in [0.05, 0.1) is 5.56 Å². The van der Waals surface area contributed by atoms with Gasteiger partial charge in [0.15, 0.2) is 5.11 Å². The predicted molar refractivity (Wildman–Crippen MR) is 121 cm³/mol. The number of aliphatic hydroxyl groups is 1. The Hall–Kier alpha value is -2.64. The molecule has 0 bridgehead atoms. The molecule has 0 amide bonds. The van der Waals surface area contributed by atoms with E-state index in [1.54, 1.807) is 18.2 Å². The average molecular weight is 426 g/mol. The first kappa shape index (κ1) is 20.6. The van der Waals surface area contributed by atoms with Crippen molar-refractivity contribution in [3.63, 3.8) is 0 Å². The molecule has 1 aliphatic heterocycles. The van der Waals surface area contributed by atoms with E-state index >= 15 is 0 Å². The molecule has 2 atom stereocenters. The summed E-state index contributed by atoms with van der Waals surface area (Å²) in [6.45, 7) is 6.91. The minimum Gasteiger partial charge on any atom is -0.454 e. The Morgan fingerprint density at radius 1 is 1.27 bits per heavy atom. The van der Waals surface area contributed by atoms with Crippen LogP contribution < -0.4 is 21.1 Å². The molecule has 4 rings (SSSR count). The number of hydrogen-bond donors (Lipinski definition) is 4. The van der Waals surface area contributed by atoms with Crippen molar-refractivity contribution in [2.24, 2.45) is 0 Å². The number of ether oxygens (including phenoxy) is 1. The highest BCUT2D eigenvalue weighted by Crippen LogP contribution is 2.59. The van der Waals surface area contributed by atoms with Crippen LogP contribution in [-0.2, 0) is 11.3 Å². The van der Waals surface area contributed by atoms with Crippen molar-refractivity contribution in [2.45, 2.75) is 50.9 Å². The number of anilines is 1. The lowest BCUT2D eigenvalue weighted by molar-refractivity contribution is -0.167. The number of rotatable bonds is 5. The summed E-state index contributed by atoms with van der Waals surface area (Å²) in [7, 11) is 0. The van der Waals surface area contributed by atoms with Crippen molar-refractivity contribution in [1.29, 1.82) is 0 Å². The summed E-state index contributed by atoms with van der Waals surface area (Å²) in [6.07, 6.45) is 1.95. The van der Waals surface area contributed by atoms with E-state index in [0.717, 1.165) is 18.4 Å². The van der Waals surface area contributed by atoms with Crippen LogP contribution in [0.2, 0.25) is 0 Å². The number of fused-ring (bicyclic) bond motifs is 5. The lowest BCUT2D eigenvalue weighted by Gasteiger charge is -2.35. The summed E-state index contributed by atoms with van der Waals surface area (Å²) in [5.74, 6) is -1.57. The van der Waals surface area contributed by atoms with E-state index < -0.39 is 11.3 Å². The lowest BCUT2D eigenvalue weighted by atomic mass is 9.82. The van der Waals surface area contributed by atoms with E-state index in [9.17, 15) is 9.90 Å². The fraction of sp³-hybridized carbons (Fsp3) is 0.391. The first-order valence-electron chi connectivity index (χ1n) is 10.3. The summed E-state index contributed by atoms with van der Waals surface area (Å²) >= 11 is 5.49. The highest BCUT2D eigenvalue weighted by molar-refractivity contribution is 7.80. The molecule has 0 saturated heterocycles. The second-order valence-electron chi connectivity index (χ2n) is 8.24. The fourth-order valence-corrected chi connectivity index (χ4v) is 4.59. The predicted octanol–water partition coefficient (Wildman–Crippen LogP) is 3.29. The quantitative estimate of drug-likeness (QED) is 0.332. The van der Waals surface area contributed by atoms with Crippen LogP contribution in [0.3, 0.4) is 0 Å². The van der Waals surface area contributed by atoms with Crippen LogP contribution in [0.4, 0.5) is 5.69 Å². The maximum Gasteiger partial charge on any atom is 0.271 e. The van der Waals surface area contributed by atoms with Crippen LogP contribution >= 0.6 is 12.2 Å². The van der Waals surface area contributed by atoms with Gasteiger partial charge >= 0.3 is 0 Å². The second kappa shape index (κ2) is 7.25. The number of unbranched alkanes of at least 4 members (excludes halogenated alkanes) is 1. The molecule has 2 aliphatic rings. The van der Waals surface area contributed by atoms with Crippen molar-refractivity contribution in [1.82, 2.24) is 10.6 Å². The molecule has 2 aromatic rings. The normalized spacial score (nSPS) is 23.6. The monoisotopic (exact) mass is 425 g/mol. The van der Waals surface area contributed by atoms with E-state index in [-0.39, 0.29) is 22.4 Å². The number of carbonyl (C=O) groups is 1. The minimum atomic E-state index is -1.96. The summed E-state index contributed by atoms with van der Waals surface area (Å²) in [6, 6.07) is 10.7. The topological polar surface area (TPSA) is 96.6 Å². The van der Waals surface area contributed by atoms with E-state index in [2.05, 4.69) is 31.4 Å². The molecule has 2 unspecified atom stereocenters.